The summed E-state index contributed by atoms with van der Waals surface area (Å²) in [5, 5.41) is 0. The summed E-state index contributed by atoms with van der Waals surface area (Å²) < 4.78 is 28.3. The molecular formula is C25H36N2O3S. The second-order valence-electron chi connectivity index (χ2n) is 11.1. The molecule has 2 aliphatic heterocycles. The third-order valence-corrected chi connectivity index (χ3v) is 11.5. The summed E-state index contributed by atoms with van der Waals surface area (Å²) in [4.78, 5) is 16.4. The first-order valence-corrected chi connectivity index (χ1v) is 13.6. The lowest BCUT2D eigenvalue weighted by atomic mass is 9.69. The van der Waals surface area contributed by atoms with Gasteiger partial charge in [-0.05, 0) is 62.6 Å². The lowest BCUT2D eigenvalue weighted by Crippen LogP contribution is -2.50. The highest BCUT2D eigenvalue weighted by Crippen LogP contribution is 2.70. The summed E-state index contributed by atoms with van der Waals surface area (Å²) in [7, 11) is -3.57. The predicted octanol–water partition coefficient (Wildman–Crippen LogP) is 3.79. The van der Waals surface area contributed by atoms with E-state index in [9.17, 15) is 13.2 Å². The van der Waals surface area contributed by atoms with Crippen molar-refractivity contribution in [1.29, 1.82) is 0 Å². The van der Waals surface area contributed by atoms with Gasteiger partial charge in [0, 0.05) is 23.8 Å². The molecule has 5 rings (SSSR count). The molecule has 0 radical (unpaired) electrons. The van der Waals surface area contributed by atoms with E-state index < -0.39 is 10.0 Å². The molecule has 0 unspecified atom stereocenters. The highest BCUT2D eigenvalue weighted by Gasteiger charge is 2.72. The minimum Gasteiger partial charge on any atom is -0.303 e. The van der Waals surface area contributed by atoms with Crippen LogP contribution >= 0.6 is 0 Å². The van der Waals surface area contributed by atoms with Gasteiger partial charge in [-0.15, -0.1) is 0 Å². The molecule has 6 heteroatoms. The maximum atomic E-state index is 14.0. The largest absolute Gasteiger partial charge is 0.303 e. The van der Waals surface area contributed by atoms with E-state index in [1.54, 1.807) is 0 Å². The van der Waals surface area contributed by atoms with E-state index >= 15 is 0 Å². The molecule has 2 aliphatic carbocycles. The molecule has 2 saturated carbocycles. The molecule has 5 nitrogen and oxygen atoms in total. The van der Waals surface area contributed by atoms with Gasteiger partial charge in [-0.3, -0.25) is 4.79 Å². The van der Waals surface area contributed by atoms with Gasteiger partial charge < -0.3 is 4.90 Å². The smallest absolute Gasteiger partial charge is 0.240 e. The predicted molar refractivity (Wildman–Crippen MR) is 122 cm³/mol. The Bertz CT molecular complexity index is 987. The molecule has 1 aromatic carbocycles. The van der Waals surface area contributed by atoms with Crippen LogP contribution in [0.2, 0.25) is 0 Å². The molecule has 4 aliphatic rings. The number of sulfonamides is 1. The van der Waals surface area contributed by atoms with Crippen LogP contribution in [-0.4, -0.2) is 55.0 Å². The van der Waals surface area contributed by atoms with Gasteiger partial charge in [-0.1, -0.05) is 50.6 Å². The lowest BCUT2D eigenvalue weighted by molar-refractivity contribution is -0.135. The topological polar surface area (TPSA) is 57.7 Å². The third kappa shape index (κ3) is 2.97. The van der Waals surface area contributed by atoms with Crippen molar-refractivity contribution in [2.45, 2.75) is 65.3 Å². The number of likely N-dealkylation sites (tertiary alicyclic amines) is 1. The van der Waals surface area contributed by atoms with E-state index in [4.69, 9.17) is 0 Å². The number of rotatable bonds is 3. The van der Waals surface area contributed by atoms with Crippen molar-refractivity contribution in [2.75, 3.05) is 25.4 Å². The summed E-state index contributed by atoms with van der Waals surface area (Å²) in [6.45, 7) is 11.3. The monoisotopic (exact) mass is 444 g/mol. The van der Waals surface area contributed by atoms with Gasteiger partial charge in [0.05, 0.1) is 11.8 Å². The number of carbonyl (C=O) groups excluding carboxylic acids is 1. The van der Waals surface area contributed by atoms with Gasteiger partial charge in [-0.25, -0.2) is 12.7 Å². The van der Waals surface area contributed by atoms with Crippen molar-refractivity contribution in [2.24, 2.45) is 22.7 Å². The minimum atomic E-state index is -3.57. The Kier molecular flexibility index (Phi) is 4.88. The molecule has 0 N–H and O–H groups in total. The fourth-order valence-electron chi connectivity index (χ4n) is 7.50. The zero-order valence-electron chi connectivity index (χ0n) is 19.3. The molecule has 0 aromatic heterocycles. The number of nitrogens with zero attached hydrogens (tertiary/aromatic N) is 2. The number of likely N-dealkylation sites (N-methyl/N-ethyl adjacent to an activating group) is 1. The SMILES string of the molecule is CCN1CC[C@H](C(=O)N2[C@@H]3C[C@H]4CC[C@]3(CS2(=O)=O)C4(C)C)[C@H](c2ccc(C)cc2)C1. The maximum Gasteiger partial charge on any atom is 0.240 e. The first kappa shape index (κ1) is 21.4. The number of aryl methyl sites for hydroxylation is 1. The zero-order valence-corrected chi connectivity index (χ0v) is 20.1. The number of carbonyl (C=O) groups is 1. The summed E-state index contributed by atoms with van der Waals surface area (Å²) in [5.41, 5.74) is 2.09. The van der Waals surface area contributed by atoms with E-state index in [1.165, 1.54) is 9.87 Å². The normalized spacial score (nSPS) is 38.4. The number of benzene rings is 1. The van der Waals surface area contributed by atoms with Crippen molar-refractivity contribution in [1.82, 2.24) is 9.21 Å². The van der Waals surface area contributed by atoms with Crippen LogP contribution in [0.15, 0.2) is 24.3 Å². The quantitative estimate of drug-likeness (QED) is 0.712. The highest BCUT2D eigenvalue weighted by molar-refractivity contribution is 7.90. The van der Waals surface area contributed by atoms with Crippen molar-refractivity contribution in [3.63, 3.8) is 0 Å². The third-order valence-electron chi connectivity index (χ3n) is 9.60. The molecule has 2 heterocycles. The number of piperidine rings is 1. The van der Waals surface area contributed by atoms with Crippen LogP contribution in [0.1, 0.15) is 63.5 Å². The molecule has 2 saturated heterocycles. The van der Waals surface area contributed by atoms with Gasteiger partial charge in [0.25, 0.3) is 0 Å². The highest BCUT2D eigenvalue weighted by atomic mass is 32.2. The molecule has 31 heavy (non-hydrogen) atoms. The van der Waals surface area contributed by atoms with Crippen LogP contribution in [0.5, 0.6) is 0 Å². The van der Waals surface area contributed by atoms with E-state index in [0.29, 0.717) is 5.92 Å². The fraction of sp³-hybridized carbons (Fsp3) is 0.720. The van der Waals surface area contributed by atoms with E-state index in [0.717, 1.165) is 50.9 Å². The fourth-order valence-corrected chi connectivity index (χ4v) is 10.1. The van der Waals surface area contributed by atoms with Crippen LogP contribution in [0.3, 0.4) is 0 Å². The van der Waals surface area contributed by atoms with E-state index in [-0.39, 0.29) is 40.4 Å². The Morgan fingerprint density at radius 2 is 1.87 bits per heavy atom. The van der Waals surface area contributed by atoms with Gasteiger partial charge in [-0.2, -0.15) is 0 Å². The molecule has 5 atom stereocenters. The number of hydrogen-bond donors (Lipinski definition) is 0. The number of hydrogen-bond acceptors (Lipinski definition) is 4. The summed E-state index contributed by atoms with van der Waals surface area (Å²) in [6.07, 6.45) is 3.61. The molecule has 1 aromatic rings. The molecule has 1 amide bonds. The molecule has 4 fully saturated rings. The van der Waals surface area contributed by atoms with Crippen LogP contribution in [0.25, 0.3) is 0 Å². The van der Waals surface area contributed by atoms with Gasteiger partial charge in [0.1, 0.15) is 0 Å². The number of fused-ring (bicyclic) bond motifs is 1. The second kappa shape index (κ2) is 7.05. The van der Waals surface area contributed by atoms with Crippen LogP contribution in [-0.2, 0) is 14.8 Å². The Labute approximate surface area is 187 Å². The first-order chi connectivity index (χ1) is 14.6. The van der Waals surface area contributed by atoms with E-state index in [2.05, 4.69) is 56.9 Å². The summed E-state index contributed by atoms with van der Waals surface area (Å²) >= 11 is 0. The van der Waals surface area contributed by atoms with Crippen molar-refractivity contribution in [3.05, 3.63) is 35.4 Å². The molecular weight excluding hydrogens is 408 g/mol. The van der Waals surface area contributed by atoms with Gasteiger partial charge in [0.2, 0.25) is 15.9 Å². The molecule has 2 bridgehead atoms. The van der Waals surface area contributed by atoms with Crippen LogP contribution in [0.4, 0.5) is 0 Å². The number of amides is 1. The van der Waals surface area contributed by atoms with Crippen molar-refractivity contribution in [3.8, 4) is 0 Å². The van der Waals surface area contributed by atoms with Crippen LogP contribution < -0.4 is 0 Å². The van der Waals surface area contributed by atoms with Crippen molar-refractivity contribution >= 4 is 15.9 Å². The summed E-state index contributed by atoms with van der Waals surface area (Å²) in [6, 6.07) is 8.31. The maximum absolute atomic E-state index is 14.0. The van der Waals surface area contributed by atoms with Gasteiger partial charge >= 0.3 is 0 Å². The standard InChI is InChI=1S/C25H36N2O3S/c1-5-26-13-11-20(21(15-26)18-8-6-17(2)7-9-18)23(28)27-22-14-19-10-12-25(22,24(19,3)4)16-31(27,29)30/h6-9,19-22H,5,10-16H2,1-4H3/t19-,20+,21+,22-,25-/m1/s1. The zero-order chi connectivity index (χ0) is 22.2. The Morgan fingerprint density at radius 3 is 2.52 bits per heavy atom. The average Bonchev–Trinajstić information content (AvgIpc) is 3.21. The van der Waals surface area contributed by atoms with Crippen molar-refractivity contribution < 1.29 is 13.2 Å². The minimum absolute atomic E-state index is 0.0122. The van der Waals surface area contributed by atoms with E-state index in [1.807, 2.05) is 0 Å². The average molecular weight is 445 g/mol. The van der Waals surface area contributed by atoms with Gasteiger partial charge in [0.15, 0.2) is 0 Å². The Hall–Kier alpha value is -1.40. The molecule has 170 valence electrons. The Morgan fingerprint density at radius 1 is 1.16 bits per heavy atom. The Balaban J connectivity index is 1.50. The second-order valence-corrected chi connectivity index (χ2v) is 12.9. The van der Waals surface area contributed by atoms with Crippen LogP contribution in [0, 0.1) is 29.6 Å². The summed E-state index contributed by atoms with van der Waals surface area (Å²) in [5.74, 6) is 0.325. The lowest BCUT2D eigenvalue weighted by Gasteiger charge is -2.41. The molecule has 1 spiro atoms. The first-order valence-electron chi connectivity index (χ1n) is 12.0.